The van der Waals surface area contributed by atoms with Crippen LogP contribution in [0.3, 0.4) is 0 Å². The maximum atomic E-state index is 13.7. The highest BCUT2D eigenvalue weighted by molar-refractivity contribution is 6.31. The van der Waals surface area contributed by atoms with Gasteiger partial charge in [-0.1, -0.05) is 60.1 Å². The van der Waals surface area contributed by atoms with Crippen molar-refractivity contribution in [3.63, 3.8) is 0 Å². The van der Waals surface area contributed by atoms with Gasteiger partial charge in [0.2, 0.25) is 5.91 Å². The summed E-state index contributed by atoms with van der Waals surface area (Å²) in [5.41, 5.74) is 1.24. The van der Waals surface area contributed by atoms with Gasteiger partial charge in [-0.05, 0) is 49.8 Å². The zero-order chi connectivity index (χ0) is 26.0. The standard InChI is InChI=1S/C28H30ClN5O3/c1-28(27(37)31-16-20-11-5-6-12-22(20)29)17-33-18-32-23(24(33)26(36)34(28)21-13-14-21)25(35)30-15-7-10-19-8-3-2-4-9-19/h2-6,8-9,11-12,18,21H,7,10,13-17H2,1H3,(H,30,35)(H,31,37)/t28-/m1/s1. The van der Waals surface area contributed by atoms with Crippen molar-refractivity contribution in [1.29, 1.82) is 0 Å². The van der Waals surface area contributed by atoms with Crippen LogP contribution in [-0.4, -0.2) is 50.3 Å². The Morgan fingerprint density at radius 3 is 2.54 bits per heavy atom. The van der Waals surface area contributed by atoms with E-state index in [1.165, 1.54) is 11.9 Å². The van der Waals surface area contributed by atoms with Crippen LogP contribution in [0.1, 0.15) is 58.3 Å². The average molecular weight is 520 g/mol. The number of rotatable bonds is 9. The maximum Gasteiger partial charge on any atom is 0.274 e. The van der Waals surface area contributed by atoms with Crippen LogP contribution in [0, 0.1) is 0 Å². The molecule has 0 radical (unpaired) electrons. The van der Waals surface area contributed by atoms with Crippen LogP contribution in [0.25, 0.3) is 0 Å². The zero-order valence-electron chi connectivity index (χ0n) is 20.7. The molecule has 8 nitrogen and oxygen atoms in total. The molecule has 3 aromatic rings. The number of hydrogen-bond acceptors (Lipinski definition) is 4. The number of nitrogens with one attached hydrogen (secondary N) is 2. The van der Waals surface area contributed by atoms with Crippen molar-refractivity contribution in [2.24, 2.45) is 0 Å². The van der Waals surface area contributed by atoms with E-state index in [1.54, 1.807) is 22.5 Å². The summed E-state index contributed by atoms with van der Waals surface area (Å²) in [7, 11) is 0. The molecule has 1 fully saturated rings. The number of halogens is 1. The molecule has 1 aliphatic carbocycles. The molecule has 0 bridgehead atoms. The monoisotopic (exact) mass is 519 g/mol. The van der Waals surface area contributed by atoms with Gasteiger partial charge >= 0.3 is 0 Å². The molecule has 1 aromatic heterocycles. The van der Waals surface area contributed by atoms with Crippen LogP contribution in [0.15, 0.2) is 60.9 Å². The second-order valence-corrected chi connectivity index (χ2v) is 10.3. The average Bonchev–Trinajstić information content (AvgIpc) is 3.64. The SMILES string of the molecule is C[C@]1(C(=O)NCc2ccccc2Cl)Cn2cnc(C(=O)NCCCc3ccccc3)c2C(=O)N1C1CC1. The summed E-state index contributed by atoms with van der Waals surface area (Å²) < 4.78 is 1.63. The van der Waals surface area contributed by atoms with Crippen molar-refractivity contribution in [1.82, 2.24) is 25.1 Å². The molecule has 3 amide bonds. The van der Waals surface area contributed by atoms with E-state index in [2.05, 4.69) is 27.8 Å². The van der Waals surface area contributed by atoms with Crippen molar-refractivity contribution < 1.29 is 14.4 Å². The van der Waals surface area contributed by atoms with E-state index in [1.807, 2.05) is 36.4 Å². The first-order chi connectivity index (χ1) is 17.9. The lowest BCUT2D eigenvalue weighted by molar-refractivity contribution is -0.133. The van der Waals surface area contributed by atoms with E-state index in [-0.39, 0.29) is 48.2 Å². The lowest BCUT2D eigenvalue weighted by Crippen LogP contribution is -2.64. The molecule has 9 heteroatoms. The summed E-state index contributed by atoms with van der Waals surface area (Å²) in [5.74, 6) is -0.979. The van der Waals surface area contributed by atoms with E-state index in [9.17, 15) is 14.4 Å². The van der Waals surface area contributed by atoms with Crippen molar-refractivity contribution >= 4 is 29.3 Å². The van der Waals surface area contributed by atoms with E-state index >= 15 is 0 Å². The Morgan fingerprint density at radius 2 is 1.81 bits per heavy atom. The highest BCUT2D eigenvalue weighted by Gasteiger charge is 2.53. The first kappa shape index (κ1) is 25.0. The molecule has 192 valence electrons. The fraction of sp³-hybridized carbons (Fsp3) is 0.357. The first-order valence-electron chi connectivity index (χ1n) is 12.6. The molecule has 0 unspecified atom stereocenters. The van der Waals surface area contributed by atoms with Crippen molar-refractivity contribution in [3.8, 4) is 0 Å². The summed E-state index contributed by atoms with van der Waals surface area (Å²) >= 11 is 6.25. The number of benzene rings is 2. The van der Waals surface area contributed by atoms with Crippen LogP contribution < -0.4 is 10.6 Å². The summed E-state index contributed by atoms with van der Waals surface area (Å²) in [6.45, 7) is 2.72. The van der Waals surface area contributed by atoms with E-state index < -0.39 is 5.54 Å². The molecule has 1 aliphatic heterocycles. The minimum atomic E-state index is -1.11. The number of hydrogen-bond donors (Lipinski definition) is 2. The van der Waals surface area contributed by atoms with Gasteiger partial charge in [0.25, 0.3) is 11.8 Å². The molecule has 5 rings (SSSR count). The summed E-state index contributed by atoms with van der Waals surface area (Å²) in [6.07, 6.45) is 4.76. The number of amides is 3. The first-order valence-corrected chi connectivity index (χ1v) is 13.0. The number of imidazole rings is 1. The molecule has 0 saturated heterocycles. The van der Waals surface area contributed by atoms with Gasteiger partial charge in [0, 0.05) is 24.2 Å². The molecular weight excluding hydrogens is 490 g/mol. The Kier molecular flexibility index (Phi) is 7.02. The quantitative estimate of drug-likeness (QED) is 0.422. The van der Waals surface area contributed by atoms with Gasteiger partial charge in [0.05, 0.1) is 12.9 Å². The Balaban J connectivity index is 1.29. The predicted octanol–water partition coefficient (Wildman–Crippen LogP) is 3.59. The van der Waals surface area contributed by atoms with Gasteiger partial charge in [-0.3, -0.25) is 14.4 Å². The van der Waals surface area contributed by atoms with Crippen LogP contribution >= 0.6 is 11.6 Å². The molecular formula is C28H30ClN5O3. The molecule has 2 N–H and O–H groups in total. The molecule has 37 heavy (non-hydrogen) atoms. The third-order valence-corrected chi connectivity index (χ3v) is 7.42. The molecule has 1 atom stereocenters. The van der Waals surface area contributed by atoms with Gasteiger partial charge in [-0.25, -0.2) is 4.98 Å². The highest BCUT2D eigenvalue weighted by Crippen LogP contribution is 2.39. The number of carbonyl (C=O) groups excluding carboxylic acids is 3. The molecule has 1 saturated carbocycles. The Morgan fingerprint density at radius 1 is 1.08 bits per heavy atom. The minimum absolute atomic E-state index is 0.0333. The lowest BCUT2D eigenvalue weighted by atomic mass is 9.93. The van der Waals surface area contributed by atoms with Crippen LogP contribution in [0.4, 0.5) is 0 Å². The normalized spacial score (nSPS) is 18.9. The predicted molar refractivity (Wildman–Crippen MR) is 140 cm³/mol. The zero-order valence-corrected chi connectivity index (χ0v) is 21.5. The van der Waals surface area contributed by atoms with Crippen LogP contribution in [-0.2, 0) is 24.3 Å². The van der Waals surface area contributed by atoms with Gasteiger partial charge in [0.15, 0.2) is 5.69 Å². The third-order valence-electron chi connectivity index (χ3n) is 7.05. The Hall–Kier alpha value is -3.65. The fourth-order valence-corrected chi connectivity index (χ4v) is 5.15. The van der Waals surface area contributed by atoms with Gasteiger partial charge in [-0.2, -0.15) is 0 Å². The Bertz CT molecular complexity index is 1320. The molecule has 2 aliphatic rings. The number of nitrogens with zero attached hydrogens (tertiary/aromatic N) is 3. The van der Waals surface area contributed by atoms with E-state index in [0.29, 0.717) is 11.6 Å². The smallest absolute Gasteiger partial charge is 0.274 e. The lowest BCUT2D eigenvalue weighted by Gasteiger charge is -2.44. The molecule has 2 heterocycles. The number of fused-ring (bicyclic) bond motifs is 1. The second-order valence-electron chi connectivity index (χ2n) is 9.87. The van der Waals surface area contributed by atoms with Crippen molar-refractivity contribution in [3.05, 3.63) is 88.5 Å². The summed E-state index contributed by atoms with van der Waals surface area (Å²) in [4.78, 5) is 46.1. The van der Waals surface area contributed by atoms with E-state index in [4.69, 9.17) is 11.6 Å². The second kappa shape index (κ2) is 10.4. The molecule has 0 spiro atoms. The fourth-order valence-electron chi connectivity index (χ4n) is 4.95. The van der Waals surface area contributed by atoms with E-state index in [0.717, 1.165) is 31.2 Å². The van der Waals surface area contributed by atoms with Gasteiger partial charge in [0.1, 0.15) is 11.2 Å². The van der Waals surface area contributed by atoms with Crippen LogP contribution in [0.2, 0.25) is 5.02 Å². The maximum absolute atomic E-state index is 13.7. The number of carbonyl (C=O) groups is 3. The highest BCUT2D eigenvalue weighted by atomic mass is 35.5. The van der Waals surface area contributed by atoms with Crippen LogP contribution in [0.5, 0.6) is 0 Å². The summed E-state index contributed by atoms with van der Waals surface area (Å²) in [5, 5.41) is 6.43. The van der Waals surface area contributed by atoms with Gasteiger partial charge < -0.3 is 20.1 Å². The third kappa shape index (κ3) is 5.11. The minimum Gasteiger partial charge on any atom is -0.351 e. The topological polar surface area (TPSA) is 96.3 Å². The van der Waals surface area contributed by atoms with Crippen molar-refractivity contribution in [2.45, 2.75) is 57.3 Å². The van der Waals surface area contributed by atoms with Gasteiger partial charge in [-0.15, -0.1) is 0 Å². The molecule has 2 aromatic carbocycles. The van der Waals surface area contributed by atoms with Crippen molar-refractivity contribution in [2.75, 3.05) is 6.54 Å². The Labute approximate surface area is 221 Å². The number of aryl methyl sites for hydroxylation is 1. The largest absolute Gasteiger partial charge is 0.351 e. The summed E-state index contributed by atoms with van der Waals surface area (Å²) in [6, 6.07) is 17.4. The number of aromatic nitrogens is 2.